The number of rotatable bonds is 6. The van der Waals surface area contributed by atoms with Crippen molar-refractivity contribution in [2.45, 2.75) is 38.3 Å². The van der Waals surface area contributed by atoms with E-state index in [9.17, 15) is 9.90 Å². The van der Waals surface area contributed by atoms with E-state index in [0.29, 0.717) is 18.2 Å². The summed E-state index contributed by atoms with van der Waals surface area (Å²) >= 11 is 0. The van der Waals surface area contributed by atoms with Gasteiger partial charge in [0.15, 0.2) is 0 Å². The second-order valence-electron chi connectivity index (χ2n) is 5.09. The molecule has 1 fully saturated rings. The smallest absolute Gasteiger partial charge is 0.336 e. The molecule has 0 radical (unpaired) electrons. The molecule has 0 amide bonds. The number of benzene rings is 1. The normalized spacial score (nSPS) is 19.7. The monoisotopic (exact) mass is 263 g/mol. The van der Waals surface area contributed by atoms with Gasteiger partial charge >= 0.3 is 5.97 Å². The fourth-order valence-electron chi connectivity index (χ4n) is 2.84. The van der Waals surface area contributed by atoms with Crippen LogP contribution in [0.5, 0.6) is 0 Å². The van der Waals surface area contributed by atoms with E-state index in [4.69, 9.17) is 5.11 Å². The van der Waals surface area contributed by atoms with Gasteiger partial charge in [-0.25, -0.2) is 4.79 Å². The first kappa shape index (κ1) is 14.0. The van der Waals surface area contributed by atoms with Gasteiger partial charge in [-0.2, -0.15) is 0 Å². The molecule has 4 nitrogen and oxygen atoms in total. The molecular weight excluding hydrogens is 242 g/mol. The van der Waals surface area contributed by atoms with Crippen molar-refractivity contribution in [2.75, 3.05) is 13.2 Å². The van der Waals surface area contributed by atoms with Crippen LogP contribution >= 0.6 is 0 Å². The predicted octanol–water partition coefficient (Wildman–Crippen LogP) is 2.12. The molecule has 104 valence electrons. The molecule has 2 N–H and O–H groups in total. The largest absolute Gasteiger partial charge is 0.478 e. The van der Waals surface area contributed by atoms with E-state index in [1.54, 1.807) is 12.1 Å². The van der Waals surface area contributed by atoms with Gasteiger partial charge in [-0.05, 0) is 43.9 Å². The first-order valence-corrected chi connectivity index (χ1v) is 6.88. The lowest BCUT2D eigenvalue weighted by Crippen LogP contribution is -2.29. The summed E-state index contributed by atoms with van der Waals surface area (Å²) < 4.78 is 0. The van der Waals surface area contributed by atoms with Crippen LogP contribution in [0.25, 0.3) is 0 Å². The number of carboxylic acid groups (broad SMARTS) is 1. The van der Waals surface area contributed by atoms with E-state index in [0.717, 1.165) is 37.8 Å². The molecule has 19 heavy (non-hydrogen) atoms. The Morgan fingerprint density at radius 3 is 2.89 bits per heavy atom. The minimum absolute atomic E-state index is 0.232. The number of hydrogen-bond donors (Lipinski definition) is 2. The number of aliphatic hydroxyl groups excluding tert-OH is 1. The Labute approximate surface area is 113 Å². The Bertz CT molecular complexity index is 433. The van der Waals surface area contributed by atoms with E-state index in [2.05, 4.69) is 4.90 Å². The quantitative estimate of drug-likeness (QED) is 0.825. The maximum absolute atomic E-state index is 11.2. The van der Waals surface area contributed by atoms with E-state index in [-0.39, 0.29) is 6.61 Å². The lowest BCUT2D eigenvalue weighted by atomic mass is 10.1. The molecule has 1 unspecified atom stereocenters. The molecular formula is C15H21NO3. The maximum atomic E-state index is 11.2. The van der Waals surface area contributed by atoms with Crippen molar-refractivity contribution in [1.29, 1.82) is 0 Å². The van der Waals surface area contributed by atoms with Crippen LogP contribution in [0.4, 0.5) is 0 Å². The summed E-state index contributed by atoms with van der Waals surface area (Å²) in [6.07, 6.45) is 4.12. The highest BCUT2D eigenvalue weighted by Gasteiger charge is 2.25. The molecule has 0 saturated carbocycles. The summed E-state index contributed by atoms with van der Waals surface area (Å²) in [5.41, 5.74) is 1.28. The maximum Gasteiger partial charge on any atom is 0.336 e. The molecule has 1 aromatic rings. The van der Waals surface area contributed by atoms with Crippen LogP contribution in [0.2, 0.25) is 0 Å². The van der Waals surface area contributed by atoms with Gasteiger partial charge < -0.3 is 10.2 Å². The number of carboxylic acids is 1. The number of likely N-dealkylation sites (tertiary alicyclic amines) is 1. The lowest BCUT2D eigenvalue weighted by Gasteiger charge is -2.25. The summed E-state index contributed by atoms with van der Waals surface area (Å²) in [5, 5.41) is 18.1. The Hall–Kier alpha value is -1.39. The molecule has 0 aliphatic carbocycles. The zero-order chi connectivity index (χ0) is 13.7. The van der Waals surface area contributed by atoms with Gasteiger partial charge in [0.05, 0.1) is 5.56 Å². The molecule has 0 aromatic heterocycles. The van der Waals surface area contributed by atoms with Gasteiger partial charge in [0.25, 0.3) is 0 Å². The third-order valence-electron chi connectivity index (χ3n) is 3.82. The minimum atomic E-state index is -0.860. The number of aliphatic hydroxyl groups is 1. The Balaban J connectivity index is 2.05. The van der Waals surface area contributed by atoms with Crippen molar-refractivity contribution in [2.24, 2.45) is 0 Å². The fourth-order valence-corrected chi connectivity index (χ4v) is 2.84. The first-order valence-electron chi connectivity index (χ1n) is 6.88. The van der Waals surface area contributed by atoms with Crippen LogP contribution in [0.15, 0.2) is 24.3 Å². The lowest BCUT2D eigenvalue weighted by molar-refractivity contribution is 0.0694. The molecule has 1 aliphatic rings. The van der Waals surface area contributed by atoms with Crippen molar-refractivity contribution in [3.8, 4) is 0 Å². The highest BCUT2D eigenvalue weighted by Crippen LogP contribution is 2.24. The molecule has 2 rings (SSSR count). The summed E-state index contributed by atoms with van der Waals surface area (Å²) in [6, 6.07) is 7.69. The molecule has 0 bridgehead atoms. The number of carbonyl (C=O) groups is 1. The average Bonchev–Trinajstić information content (AvgIpc) is 2.84. The van der Waals surface area contributed by atoms with Gasteiger partial charge in [-0.1, -0.05) is 18.2 Å². The highest BCUT2D eigenvalue weighted by atomic mass is 16.4. The fraction of sp³-hybridized carbons (Fsp3) is 0.533. The van der Waals surface area contributed by atoms with Crippen LogP contribution < -0.4 is 0 Å². The SMILES string of the molecule is O=C(O)c1ccccc1CN1CCCC1CCCO. The number of nitrogens with zero attached hydrogens (tertiary/aromatic N) is 1. The third-order valence-corrected chi connectivity index (χ3v) is 3.82. The van der Waals surface area contributed by atoms with E-state index >= 15 is 0 Å². The number of hydrogen-bond acceptors (Lipinski definition) is 3. The Morgan fingerprint density at radius 1 is 1.37 bits per heavy atom. The van der Waals surface area contributed by atoms with Crippen LogP contribution in [-0.4, -0.2) is 40.3 Å². The van der Waals surface area contributed by atoms with Crippen molar-refractivity contribution in [1.82, 2.24) is 4.90 Å². The summed E-state index contributed by atoms with van der Waals surface area (Å²) in [5.74, 6) is -0.860. The van der Waals surface area contributed by atoms with Crippen LogP contribution in [0.1, 0.15) is 41.6 Å². The highest BCUT2D eigenvalue weighted by molar-refractivity contribution is 5.89. The summed E-state index contributed by atoms with van der Waals surface area (Å²) in [6.45, 7) is 1.94. The second-order valence-corrected chi connectivity index (χ2v) is 5.09. The second kappa shape index (κ2) is 6.68. The van der Waals surface area contributed by atoms with E-state index in [1.165, 1.54) is 0 Å². The zero-order valence-electron chi connectivity index (χ0n) is 11.1. The van der Waals surface area contributed by atoms with Crippen LogP contribution in [0.3, 0.4) is 0 Å². The first-order chi connectivity index (χ1) is 9.22. The van der Waals surface area contributed by atoms with Gasteiger partial charge in [-0.3, -0.25) is 4.90 Å². The minimum Gasteiger partial charge on any atom is -0.478 e. The summed E-state index contributed by atoms with van der Waals surface area (Å²) in [4.78, 5) is 13.5. The van der Waals surface area contributed by atoms with Crippen molar-refractivity contribution in [3.05, 3.63) is 35.4 Å². The van der Waals surface area contributed by atoms with Crippen molar-refractivity contribution < 1.29 is 15.0 Å². The molecule has 1 saturated heterocycles. The third kappa shape index (κ3) is 3.55. The summed E-state index contributed by atoms with van der Waals surface area (Å²) in [7, 11) is 0. The Morgan fingerprint density at radius 2 is 2.16 bits per heavy atom. The molecule has 4 heteroatoms. The molecule has 1 aliphatic heterocycles. The van der Waals surface area contributed by atoms with Gasteiger partial charge in [0, 0.05) is 19.2 Å². The van der Waals surface area contributed by atoms with Gasteiger partial charge in [0.2, 0.25) is 0 Å². The standard InChI is InChI=1S/C15H21NO3/c17-10-4-7-13-6-3-9-16(13)11-12-5-1-2-8-14(12)15(18)19/h1-2,5,8,13,17H,3-4,6-7,9-11H2,(H,18,19). The zero-order valence-corrected chi connectivity index (χ0v) is 11.1. The van der Waals surface area contributed by atoms with Crippen LogP contribution in [0, 0.1) is 0 Å². The van der Waals surface area contributed by atoms with E-state index < -0.39 is 5.97 Å². The van der Waals surface area contributed by atoms with E-state index in [1.807, 2.05) is 12.1 Å². The molecule has 0 spiro atoms. The van der Waals surface area contributed by atoms with Gasteiger partial charge in [0.1, 0.15) is 0 Å². The number of aromatic carboxylic acids is 1. The van der Waals surface area contributed by atoms with Crippen molar-refractivity contribution >= 4 is 5.97 Å². The molecule has 1 aromatic carbocycles. The van der Waals surface area contributed by atoms with Gasteiger partial charge in [-0.15, -0.1) is 0 Å². The topological polar surface area (TPSA) is 60.8 Å². The molecule has 1 atom stereocenters. The average molecular weight is 263 g/mol. The predicted molar refractivity (Wildman–Crippen MR) is 73.2 cm³/mol. The van der Waals surface area contributed by atoms with Crippen LogP contribution in [-0.2, 0) is 6.54 Å². The Kier molecular flexibility index (Phi) is 4.93. The molecule has 1 heterocycles. The van der Waals surface area contributed by atoms with Crippen molar-refractivity contribution in [3.63, 3.8) is 0 Å².